The maximum atomic E-state index is 2.51. The highest BCUT2D eigenvalue weighted by Crippen LogP contribution is 2.63. The van der Waals surface area contributed by atoms with Gasteiger partial charge in [-0.15, -0.1) is 0 Å². The van der Waals surface area contributed by atoms with Crippen molar-refractivity contribution in [2.75, 3.05) is 9.80 Å². The Balaban J connectivity index is 0.945. The molecular weight excluding hydrogens is 881 g/mol. The average molecular weight is 935 g/mol. The van der Waals surface area contributed by atoms with E-state index < -0.39 is 5.41 Å². The molecule has 1 fully saturated rings. The minimum atomic E-state index is -0.442. The van der Waals surface area contributed by atoms with Crippen molar-refractivity contribution >= 4 is 44.9 Å². The van der Waals surface area contributed by atoms with Crippen molar-refractivity contribution in [1.82, 2.24) is 0 Å². The summed E-state index contributed by atoms with van der Waals surface area (Å²) in [7, 11) is 0. The first-order valence-electron chi connectivity index (χ1n) is 26.2. The van der Waals surface area contributed by atoms with Gasteiger partial charge in [0, 0.05) is 34.0 Å². The van der Waals surface area contributed by atoms with Crippen LogP contribution in [0.5, 0.6) is 0 Å². The first-order chi connectivity index (χ1) is 36.2. The molecule has 0 unspecified atom stereocenters. The summed E-state index contributed by atoms with van der Waals surface area (Å²) < 4.78 is 0. The number of fused-ring (bicyclic) bond motifs is 11. The standard InChI is InChI=1S/C71H54N2/c1-4-18-49(19-5-1)51-32-37-55(38-33-51)72(59-45-46-64-63-28-14-17-31-67(63)71(68(64)48-59)65-29-15-12-26-61(65)62-27-13-16-30-66(62)71)56-41-43-58(44-42-56)73(57-39-34-52(35-40-57)50-20-6-2-7-21-50)69-47-36-53-22-10-11-25-60(53)70(69)54-23-8-3-9-24-54/h2-3,6-17,20-49H,1,4-5,18-19H2. The molecule has 348 valence electrons. The van der Waals surface area contributed by atoms with Crippen LogP contribution in [0, 0.1) is 0 Å². The quantitative estimate of drug-likeness (QED) is 0.142. The van der Waals surface area contributed by atoms with Gasteiger partial charge in [0.2, 0.25) is 0 Å². The summed E-state index contributed by atoms with van der Waals surface area (Å²) in [6, 6.07) is 97.4. The molecule has 14 rings (SSSR count). The van der Waals surface area contributed by atoms with Crippen LogP contribution in [0.2, 0.25) is 0 Å². The lowest BCUT2D eigenvalue weighted by molar-refractivity contribution is 0.443. The molecule has 0 aromatic heterocycles. The minimum Gasteiger partial charge on any atom is -0.310 e. The van der Waals surface area contributed by atoms with Gasteiger partial charge in [0.05, 0.1) is 11.1 Å². The fourth-order valence-corrected chi connectivity index (χ4v) is 13.0. The van der Waals surface area contributed by atoms with Crippen molar-refractivity contribution < 1.29 is 0 Å². The van der Waals surface area contributed by atoms with Gasteiger partial charge in [-0.1, -0.05) is 213 Å². The highest BCUT2D eigenvalue weighted by Gasteiger charge is 2.51. The van der Waals surface area contributed by atoms with Crippen molar-refractivity contribution in [3.05, 3.63) is 289 Å². The second-order valence-electron chi connectivity index (χ2n) is 20.2. The molecule has 0 radical (unpaired) electrons. The second-order valence-corrected chi connectivity index (χ2v) is 20.2. The second kappa shape index (κ2) is 17.8. The average Bonchev–Trinajstić information content (AvgIpc) is 3.94. The lowest BCUT2D eigenvalue weighted by Gasteiger charge is -2.33. The van der Waals surface area contributed by atoms with Gasteiger partial charge in [0.25, 0.3) is 0 Å². The van der Waals surface area contributed by atoms with Crippen LogP contribution >= 0.6 is 0 Å². The van der Waals surface area contributed by atoms with Crippen molar-refractivity contribution in [3.8, 4) is 44.5 Å². The van der Waals surface area contributed by atoms with E-state index in [0.717, 1.165) is 34.1 Å². The monoisotopic (exact) mass is 934 g/mol. The van der Waals surface area contributed by atoms with Crippen molar-refractivity contribution in [2.24, 2.45) is 0 Å². The van der Waals surface area contributed by atoms with E-state index in [-0.39, 0.29) is 0 Å². The summed E-state index contributed by atoms with van der Waals surface area (Å²) in [5.41, 5.74) is 23.1. The molecule has 0 atom stereocenters. The molecule has 0 bridgehead atoms. The number of anilines is 6. The highest BCUT2D eigenvalue weighted by atomic mass is 15.2. The van der Waals surface area contributed by atoms with E-state index in [1.807, 2.05) is 0 Å². The molecule has 2 heteroatoms. The van der Waals surface area contributed by atoms with Crippen molar-refractivity contribution in [1.29, 1.82) is 0 Å². The van der Waals surface area contributed by atoms with Gasteiger partial charge in [-0.3, -0.25) is 0 Å². The number of hydrogen-bond acceptors (Lipinski definition) is 2. The molecule has 11 aromatic carbocycles. The summed E-state index contributed by atoms with van der Waals surface area (Å²) in [5, 5.41) is 2.44. The van der Waals surface area contributed by atoms with E-state index in [1.165, 1.54) is 115 Å². The van der Waals surface area contributed by atoms with Gasteiger partial charge in [-0.05, 0) is 163 Å². The Morgan fingerprint density at radius 3 is 1.37 bits per heavy atom. The third-order valence-electron chi connectivity index (χ3n) is 16.3. The summed E-state index contributed by atoms with van der Waals surface area (Å²) in [4.78, 5) is 4.94. The SMILES string of the molecule is c1ccc(-c2ccc(N(c3ccc(N(c4ccc(C5CCCCC5)cc4)c4ccc5c(c4)C4(c6ccccc6-c6ccccc64)c4ccccc4-5)cc3)c3ccc4ccccc4c3-c3ccccc3)cc2)cc1. The number of rotatable bonds is 9. The molecule has 11 aromatic rings. The van der Waals surface area contributed by atoms with Gasteiger partial charge in [-0.2, -0.15) is 0 Å². The van der Waals surface area contributed by atoms with Crippen LogP contribution in [0.1, 0.15) is 65.8 Å². The number of nitrogens with zero attached hydrogens (tertiary/aromatic N) is 2. The predicted molar refractivity (Wildman–Crippen MR) is 306 cm³/mol. The van der Waals surface area contributed by atoms with Crippen LogP contribution in [-0.4, -0.2) is 0 Å². The molecule has 1 spiro atoms. The highest BCUT2D eigenvalue weighted by molar-refractivity contribution is 6.05. The van der Waals surface area contributed by atoms with E-state index in [0.29, 0.717) is 5.92 Å². The Labute approximate surface area is 429 Å². The molecule has 73 heavy (non-hydrogen) atoms. The maximum Gasteiger partial charge on any atom is 0.0726 e. The maximum absolute atomic E-state index is 2.51. The van der Waals surface area contributed by atoms with E-state index >= 15 is 0 Å². The predicted octanol–water partition coefficient (Wildman–Crippen LogP) is 19.5. The first-order valence-corrected chi connectivity index (χ1v) is 26.2. The number of benzene rings is 11. The van der Waals surface area contributed by atoms with Gasteiger partial charge >= 0.3 is 0 Å². The van der Waals surface area contributed by atoms with Gasteiger partial charge in [-0.25, -0.2) is 0 Å². The molecule has 1 saturated carbocycles. The van der Waals surface area contributed by atoms with Crippen LogP contribution in [0.4, 0.5) is 34.1 Å². The van der Waals surface area contributed by atoms with E-state index in [9.17, 15) is 0 Å². The van der Waals surface area contributed by atoms with Crippen LogP contribution in [0.25, 0.3) is 55.3 Å². The Hall–Kier alpha value is -8.72. The summed E-state index contributed by atoms with van der Waals surface area (Å²) in [6.07, 6.45) is 6.53. The Bertz CT molecular complexity index is 3750. The molecule has 3 aliphatic carbocycles. The van der Waals surface area contributed by atoms with Gasteiger partial charge in [0.1, 0.15) is 0 Å². The van der Waals surface area contributed by atoms with E-state index in [2.05, 4.69) is 271 Å². The zero-order chi connectivity index (χ0) is 48.3. The lowest BCUT2D eigenvalue weighted by Crippen LogP contribution is -2.26. The largest absolute Gasteiger partial charge is 0.310 e. The van der Waals surface area contributed by atoms with Crippen molar-refractivity contribution in [2.45, 2.75) is 43.4 Å². The fraction of sp³-hybridized carbons (Fsp3) is 0.0986. The Morgan fingerprint density at radius 1 is 0.315 bits per heavy atom. The third kappa shape index (κ3) is 7.07. The molecule has 0 amide bonds. The van der Waals surface area contributed by atoms with Crippen molar-refractivity contribution in [3.63, 3.8) is 0 Å². The molecular formula is C71H54N2. The van der Waals surface area contributed by atoms with Gasteiger partial charge in [0.15, 0.2) is 0 Å². The molecule has 2 nitrogen and oxygen atoms in total. The molecule has 0 heterocycles. The summed E-state index contributed by atoms with van der Waals surface area (Å²) in [6.45, 7) is 0. The molecule has 0 N–H and O–H groups in total. The zero-order valence-electron chi connectivity index (χ0n) is 40.8. The Kier molecular flexibility index (Phi) is 10.5. The molecule has 3 aliphatic rings. The smallest absolute Gasteiger partial charge is 0.0726 e. The van der Waals surface area contributed by atoms with E-state index in [1.54, 1.807) is 0 Å². The molecule has 0 saturated heterocycles. The van der Waals surface area contributed by atoms with Crippen LogP contribution in [-0.2, 0) is 5.41 Å². The van der Waals surface area contributed by atoms with Crippen LogP contribution in [0.15, 0.2) is 261 Å². The summed E-state index contributed by atoms with van der Waals surface area (Å²) >= 11 is 0. The normalized spacial score (nSPS) is 14.1. The number of hydrogen-bond donors (Lipinski definition) is 0. The van der Waals surface area contributed by atoms with E-state index in [4.69, 9.17) is 0 Å². The van der Waals surface area contributed by atoms with Crippen LogP contribution < -0.4 is 9.80 Å². The topological polar surface area (TPSA) is 6.48 Å². The Morgan fingerprint density at radius 2 is 0.767 bits per heavy atom. The first kappa shape index (κ1) is 43.1. The van der Waals surface area contributed by atoms with Gasteiger partial charge < -0.3 is 9.80 Å². The third-order valence-corrected chi connectivity index (χ3v) is 16.3. The lowest BCUT2D eigenvalue weighted by atomic mass is 9.70. The zero-order valence-corrected chi connectivity index (χ0v) is 40.8. The minimum absolute atomic E-state index is 0.442. The molecule has 0 aliphatic heterocycles. The summed E-state index contributed by atoms with van der Waals surface area (Å²) in [5.74, 6) is 0.625. The fourth-order valence-electron chi connectivity index (χ4n) is 13.0. The van der Waals surface area contributed by atoms with Crippen LogP contribution in [0.3, 0.4) is 0 Å².